The standard InChI is InChI=1S/C25H22BrClN2O3/c1-3-15(2)16-4-8-19(9-5-16)31-14-24(30)28-18-7-11-23-22(13-18)29-25(32-23)20-12-17(26)6-10-21(20)27/h4-13,15H,3,14H2,1-2H3,(H,28,30). The molecule has 5 nitrogen and oxygen atoms in total. The van der Waals surface area contributed by atoms with Crippen LogP contribution in [0, 0.1) is 0 Å². The highest BCUT2D eigenvalue weighted by Gasteiger charge is 2.13. The van der Waals surface area contributed by atoms with Crippen LogP contribution in [0.1, 0.15) is 31.7 Å². The summed E-state index contributed by atoms with van der Waals surface area (Å²) >= 11 is 9.72. The van der Waals surface area contributed by atoms with E-state index in [2.05, 4.69) is 40.1 Å². The third-order valence-electron chi connectivity index (χ3n) is 5.26. The van der Waals surface area contributed by atoms with Gasteiger partial charge in [-0.1, -0.05) is 53.5 Å². The Hall–Kier alpha value is -2.83. The first-order chi connectivity index (χ1) is 15.4. The van der Waals surface area contributed by atoms with Crippen molar-refractivity contribution in [3.05, 3.63) is 75.7 Å². The van der Waals surface area contributed by atoms with Crippen LogP contribution in [-0.2, 0) is 4.79 Å². The van der Waals surface area contributed by atoms with Gasteiger partial charge in [0, 0.05) is 10.2 Å². The quantitative estimate of drug-likeness (QED) is 0.279. The summed E-state index contributed by atoms with van der Waals surface area (Å²) in [6.07, 6.45) is 1.08. The Morgan fingerprint density at radius 2 is 1.94 bits per heavy atom. The summed E-state index contributed by atoms with van der Waals surface area (Å²) in [6, 6.07) is 18.6. The molecule has 0 radical (unpaired) electrons. The van der Waals surface area contributed by atoms with E-state index >= 15 is 0 Å². The number of aromatic nitrogens is 1. The summed E-state index contributed by atoms with van der Waals surface area (Å²) in [6.45, 7) is 4.26. The number of fused-ring (bicyclic) bond motifs is 1. The van der Waals surface area contributed by atoms with Crippen LogP contribution in [0.25, 0.3) is 22.6 Å². The van der Waals surface area contributed by atoms with Crippen LogP contribution in [-0.4, -0.2) is 17.5 Å². The molecule has 0 bridgehead atoms. The Morgan fingerprint density at radius 1 is 1.16 bits per heavy atom. The summed E-state index contributed by atoms with van der Waals surface area (Å²) < 4.78 is 12.3. The molecule has 32 heavy (non-hydrogen) atoms. The third-order valence-corrected chi connectivity index (χ3v) is 6.08. The molecular weight excluding hydrogens is 492 g/mol. The Morgan fingerprint density at radius 3 is 2.69 bits per heavy atom. The first kappa shape index (κ1) is 22.4. The Bertz CT molecular complexity index is 1250. The number of anilines is 1. The number of ether oxygens (including phenoxy) is 1. The smallest absolute Gasteiger partial charge is 0.262 e. The molecule has 0 spiro atoms. The van der Waals surface area contributed by atoms with Gasteiger partial charge in [0.1, 0.15) is 11.3 Å². The predicted octanol–water partition coefficient (Wildman–Crippen LogP) is 7.44. The van der Waals surface area contributed by atoms with E-state index in [1.54, 1.807) is 24.3 Å². The average molecular weight is 514 g/mol. The van der Waals surface area contributed by atoms with Crippen LogP contribution in [0.5, 0.6) is 5.75 Å². The Labute approximate surface area is 199 Å². The zero-order chi connectivity index (χ0) is 22.7. The normalized spacial score (nSPS) is 12.0. The lowest BCUT2D eigenvalue weighted by atomic mass is 9.99. The fourth-order valence-electron chi connectivity index (χ4n) is 3.26. The first-order valence-electron chi connectivity index (χ1n) is 10.3. The van der Waals surface area contributed by atoms with Crippen molar-refractivity contribution in [2.24, 2.45) is 0 Å². The minimum atomic E-state index is -0.255. The van der Waals surface area contributed by atoms with Gasteiger partial charge in [-0.25, -0.2) is 4.98 Å². The third kappa shape index (κ3) is 5.14. The zero-order valence-electron chi connectivity index (χ0n) is 17.7. The summed E-state index contributed by atoms with van der Waals surface area (Å²) in [4.78, 5) is 16.9. The van der Waals surface area contributed by atoms with E-state index in [0.717, 1.165) is 10.9 Å². The molecule has 0 saturated heterocycles. The monoisotopic (exact) mass is 512 g/mol. The lowest BCUT2D eigenvalue weighted by molar-refractivity contribution is -0.118. The van der Waals surface area contributed by atoms with E-state index < -0.39 is 0 Å². The number of hydrogen-bond acceptors (Lipinski definition) is 4. The van der Waals surface area contributed by atoms with Crippen LogP contribution < -0.4 is 10.1 Å². The highest BCUT2D eigenvalue weighted by molar-refractivity contribution is 9.10. The van der Waals surface area contributed by atoms with Gasteiger partial charge in [-0.15, -0.1) is 0 Å². The largest absolute Gasteiger partial charge is 0.484 e. The van der Waals surface area contributed by atoms with Gasteiger partial charge in [-0.3, -0.25) is 4.79 Å². The highest BCUT2D eigenvalue weighted by Crippen LogP contribution is 2.33. The molecule has 4 aromatic rings. The van der Waals surface area contributed by atoms with E-state index in [0.29, 0.717) is 44.9 Å². The van der Waals surface area contributed by atoms with Crippen molar-refractivity contribution in [3.63, 3.8) is 0 Å². The van der Waals surface area contributed by atoms with E-state index in [1.165, 1.54) is 5.56 Å². The van der Waals surface area contributed by atoms with Gasteiger partial charge in [0.15, 0.2) is 12.2 Å². The number of amides is 1. The van der Waals surface area contributed by atoms with E-state index in [4.69, 9.17) is 20.8 Å². The lowest BCUT2D eigenvalue weighted by Crippen LogP contribution is -2.20. The maximum absolute atomic E-state index is 12.3. The fraction of sp³-hybridized carbons (Fsp3) is 0.200. The van der Waals surface area contributed by atoms with Crippen LogP contribution in [0.15, 0.2) is 69.6 Å². The van der Waals surface area contributed by atoms with Gasteiger partial charge < -0.3 is 14.5 Å². The van der Waals surface area contributed by atoms with Crippen LogP contribution in [0.2, 0.25) is 5.02 Å². The van der Waals surface area contributed by atoms with E-state index in [9.17, 15) is 4.79 Å². The molecule has 4 rings (SSSR count). The average Bonchev–Trinajstić information content (AvgIpc) is 3.22. The van der Waals surface area contributed by atoms with Gasteiger partial charge in [0.05, 0.1) is 10.6 Å². The molecule has 1 N–H and O–H groups in total. The molecule has 1 atom stereocenters. The second-order valence-corrected chi connectivity index (χ2v) is 8.86. The number of halogens is 2. The molecule has 7 heteroatoms. The second-order valence-electron chi connectivity index (χ2n) is 7.54. The van der Waals surface area contributed by atoms with E-state index in [-0.39, 0.29) is 12.5 Å². The molecule has 1 unspecified atom stereocenters. The highest BCUT2D eigenvalue weighted by atomic mass is 79.9. The zero-order valence-corrected chi connectivity index (χ0v) is 20.0. The summed E-state index contributed by atoms with van der Waals surface area (Å²) in [7, 11) is 0. The SMILES string of the molecule is CCC(C)c1ccc(OCC(=O)Nc2ccc3oc(-c4cc(Br)ccc4Cl)nc3c2)cc1. The molecule has 3 aromatic carbocycles. The minimum absolute atomic E-state index is 0.0849. The summed E-state index contributed by atoms with van der Waals surface area (Å²) in [5.74, 6) is 1.32. The number of nitrogens with one attached hydrogen (secondary N) is 1. The molecular formula is C25H22BrClN2O3. The maximum atomic E-state index is 12.3. The summed E-state index contributed by atoms with van der Waals surface area (Å²) in [5.41, 5.74) is 3.78. The topological polar surface area (TPSA) is 64.4 Å². The van der Waals surface area contributed by atoms with Crippen molar-refractivity contribution >= 4 is 50.2 Å². The molecule has 0 aliphatic carbocycles. The minimum Gasteiger partial charge on any atom is -0.484 e. The van der Waals surface area contributed by atoms with Crippen LogP contribution >= 0.6 is 27.5 Å². The van der Waals surface area contributed by atoms with Crippen LogP contribution in [0.3, 0.4) is 0 Å². The number of carbonyl (C=O) groups excluding carboxylic acids is 1. The predicted molar refractivity (Wildman–Crippen MR) is 131 cm³/mol. The number of carbonyl (C=O) groups is 1. The first-order valence-corrected chi connectivity index (χ1v) is 11.5. The molecule has 1 heterocycles. The van der Waals surface area contributed by atoms with Crippen molar-refractivity contribution in [1.82, 2.24) is 4.98 Å². The maximum Gasteiger partial charge on any atom is 0.262 e. The number of oxazole rings is 1. The van der Waals surface area contributed by atoms with Crippen LogP contribution in [0.4, 0.5) is 5.69 Å². The Kier molecular flexibility index (Phi) is 6.82. The number of rotatable bonds is 7. The molecule has 0 saturated carbocycles. The van der Waals surface area contributed by atoms with Crippen molar-refractivity contribution in [1.29, 1.82) is 0 Å². The molecule has 1 aromatic heterocycles. The molecule has 0 aliphatic rings. The van der Waals surface area contributed by atoms with Gasteiger partial charge in [-0.05, 0) is 66.4 Å². The van der Waals surface area contributed by atoms with Gasteiger partial charge >= 0.3 is 0 Å². The van der Waals surface area contributed by atoms with Crippen molar-refractivity contribution in [3.8, 4) is 17.2 Å². The number of hydrogen-bond donors (Lipinski definition) is 1. The lowest BCUT2D eigenvalue weighted by Gasteiger charge is -2.11. The van der Waals surface area contributed by atoms with Crippen molar-refractivity contribution < 1.29 is 13.9 Å². The molecule has 0 fully saturated rings. The van der Waals surface area contributed by atoms with Gasteiger partial charge in [0.25, 0.3) is 5.91 Å². The van der Waals surface area contributed by atoms with Gasteiger partial charge in [0.2, 0.25) is 5.89 Å². The molecule has 0 aliphatic heterocycles. The second kappa shape index (κ2) is 9.76. The van der Waals surface area contributed by atoms with Crippen molar-refractivity contribution in [2.75, 3.05) is 11.9 Å². The summed E-state index contributed by atoms with van der Waals surface area (Å²) in [5, 5.41) is 3.38. The Balaban J connectivity index is 1.41. The molecule has 1 amide bonds. The molecule has 164 valence electrons. The van der Waals surface area contributed by atoms with Gasteiger partial charge in [-0.2, -0.15) is 0 Å². The fourth-order valence-corrected chi connectivity index (χ4v) is 3.82. The van der Waals surface area contributed by atoms with Crippen molar-refractivity contribution in [2.45, 2.75) is 26.2 Å². The number of benzene rings is 3. The number of nitrogens with zero attached hydrogens (tertiary/aromatic N) is 1. The van der Waals surface area contributed by atoms with E-state index in [1.807, 2.05) is 36.4 Å².